The highest BCUT2D eigenvalue weighted by Gasteiger charge is 2.24. The third-order valence-corrected chi connectivity index (χ3v) is 4.52. The van der Waals surface area contributed by atoms with E-state index in [0.717, 1.165) is 35.3 Å². The van der Waals surface area contributed by atoms with Crippen LogP contribution in [-0.4, -0.2) is 31.3 Å². The van der Waals surface area contributed by atoms with Crippen LogP contribution in [0.2, 0.25) is 0 Å². The van der Waals surface area contributed by atoms with Crippen molar-refractivity contribution >= 4 is 34.7 Å². The van der Waals surface area contributed by atoms with Gasteiger partial charge in [-0.25, -0.2) is 0 Å². The fourth-order valence-corrected chi connectivity index (χ4v) is 3.03. The summed E-state index contributed by atoms with van der Waals surface area (Å²) in [6.07, 6.45) is 1.69. The van der Waals surface area contributed by atoms with Gasteiger partial charge >= 0.3 is 0 Å². The number of carbonyl (C=O) groups excluding carboxylic acids is 2. The predicted molar refractivity (Wildman–Crippen MR) is 101 cm³/mol. The van der Waals surface area contributed by atoms with E-state index in [1.807, 2.05) is 49.5 Å². The average Bonchev–Trinajstić information content (AvgIpc) is 2.94. The second-order valence-corrected chi connectivity index (χ2v) is 6.54. The summed E-state index contributed by atoms with van der Waals surface area (Å²) < 4.78 is 5.76. The molecule has 2 aromatic rings. The number of ether oxygens (including phenoxy) is 1. The SMILES string of the molecule is CN(CCOc1ccc(/C=C2\SC(=O)NC2=O)cc1)c1ccccc1. The molecule has 0 saturated carbocycles. The first-order valence-electron chi connectivity index (χ1n) is 7.86. The van der Waals surface area contributed by atoms with Crippen molar-refractivity contribution < 1.29 is 14.3 Å². The van der Waals surface area contributed by atoms with Crippen molar-refractivity contribution in [1.29, 1.82) is 0 Å². The monoisotopic (exact) mass is 354 g/mol. The molecular weight excluding hydrogens is 336 g/mol. The summed E-state index contributed by atoms with van der Waals surface area (Å²) in [6, 6.07) is 17.6. The zero-order chi connectivity index (χ0) is 17.6. The lowest BCUT2D eigenvalue weighted by molar-refractivity contribution is -0.115. The van der Waals surface area contributed by atoms with Gasteiger partial charge in [0.05, 0.1) is 11.4 Å². The number of hydrogen-bond acceptors (Lipinski definition) is 5. The second-order valence-electron chi connectivity index (χ2n) is 5.53. The van der Waals surface area contributed by atoms with Crippen LogP contribution in [0.25, 0.3) is 6.08 Å². The van der Waals surface area contributed by atoms with Crippen molar-refractivity contribution in [3.05, 3.63) is 65.1 Å². The number of benzene rings is 2. The number of nitrogens with one attached hydrogen (secondary N) is 1. The van der Waals surface area contributed by atoms with Gasteiger partial charge in [-0.05, 0) is 47.7 Å². The number of para-hydroxylation sites is 1. The molecule has 1 fully saturated rings. The standard InChI is InChI=1S/C19H18N2O3S/c1-21(15-5-3-2-4-6-15)11-12-24-16-9-7-14(8-10-16)13-17-18(22)20-19(23)25-17/h2-10,13H,11-12H2,1H3,(H,20,22,23)/b17-13-. The number of imide groups is 1. The Morgan fingerprint density at radius 3 is 2.44 bits per heavy atom. The first-order valence-corrected chi connectivity index (χ1v) is 8.67. The van der Waals surface area contributed by atoms with Gasteiger partial charge in [0.25, 0.3) is 11.1 Å². The van der Waals surface area contributed by atoms with Gasteiger partial charge in [-0.3, -0.25) is 14.9 Å². The summed E-state index contributed by atoms with van der Waals surface area (Å²) in [7, 11) is 2.03. The largest absolute Gasteiger partial charge is 0.492 e. The van der Waals surface area contributed by atoms with Crippen LogP contribution in [-0.2, 0) is 4.79 Å². The highest BCUT2D eigenvalue weighted by molar-refractivity contribution is 8.18. The van der Waals surface area contributed by atoms with E-state index in [4.69, 9.17) is 4.74 Å². The van der Waals surface area contributed by atoms with E-state index in [2.05, 4.69) is 22.3 Å². The van der Waals surface area contributed by atoms with Crippen molar-refractivity contribution in [3.8, 4) is 5.75 Å². The molecule has 5 nitrogen and oxygen atoms in total. The van der Waals surface area contributed by atoms with E-state index in [1.54, 1.807) is 6.08 Å². The Balaban J connectivity index is 1.52. The number of nitrogens with zero attached hydrogens (tertiary/aromatic N) is 1. The number of likely N-dealkylation sites (N-methyl/N-ethyl adjacent to an activating group) is 1. The molecule has 1 heterocycles. The molecule has 25 heavy (non-hydrogen) atoms. The molecule has 0 bridgehead atoms. The minimum Gasteiger partial charge on any atom is -0.492 e. The lowest BCUT2D eigenvalue weighted by atomic mass is 10.2. The van der Waals surface area contributed by atoms with Crippen LogP contribution >= 0.6 is 11.8 Å². The molecular formula is C19H18N2O3S. The molecule has 1 saturated heterocycles. The molecule has 2 aromatic carbocycles. The zero-order valence-electron chi connectivity index (χ0n) is 13.8. The van der Waals surface area contributed by atoms with Crippen LogP contribution in [0.15, 0.2) is 59.5 Å². The van der Waals surface area contributed by atoms with Gasteiger partial charge in [-0.1, -0.05) is 30.3 Å². The molecule has 0 aromatic heterocycles. The van der Waals surface area contributed by atoms with E-state index < -0.39 is 0 Å². The second kappa shape index (κ2) is 7.90. The van der Waals surface area contributed by atoms with Crippen molar-refractivity contribution in [2.75, 3.05) is 25.1 Å². The summed E-state index contributed by atoms with van der Waals surface area (Å²) in [5, 5.41) is 1.90. The summed E-state index contributed by atoms with van der Waals surface area (Å²) in [5.41, 5.74) is 2.00. The third kappa shape index (κ3) is 4.64. The van der Waals surface area contributed by atoms with Crippen molar-refractivity contribution in [1.82, 2.24) is 5.32 Å². The maximum Gasteiger partial charge on any atom is 0.290 e. The van der Waals surface area contributed by atoms with Crippen molar-refractivity contribution in [3.63, 3.8) is 0 Å². The Kier molecular flexibility index (Phi) is 5.40. The van der Waals surface area contributed by atoms with E-state index in [9.17, 15) is 9.59 Å². The average molecular weight is 354 g/mol. The van der Waals surface area contributed by atoms with Gasteiger partial charge in [-0.15, -0.1) is 0 Å². The topological polar surface area (TPSA) is 58.6 Å². The molecule has 1 aliphatic heterocycles. The number of anilines is 1. The molecule has 0 radical (unpaired) electrons. The molecule has 128 valence electrons. The number of thioether (sulfide) groups is 1. The normalized spacial score (nSPS) is 15.3. The fraction of sp³-hybridized carbons (Fsp3) is 0.158. The Labute approximate surface area is 150 Å². The predicted octanol–water partition coefficient (Wildman–Crippen LogP) is 3.53. The van der Waals surface area contributed by atoms with Crippen LogP contribution in [0.4, 0.5) is 10.5 Å². The highest BCUT2D eigenvalue weighted by atomic mass is 32.2. The summed E-state index contributed by atoms with van der Waals surface area (Å²) >= 11 is 0.912. The number of hydrogen-bond donors (Lipinski definition) is 1. The first kappa shape index (κ1) is 17.1. The van der Waals surface area contributed by atoms with Crippen molar-refractivity contribution in [2.45, 2.75) is 0 Å². The first-order chi connectivity index (χ1) is 12.1. The fourth-order valence-electron chi connectivity index (χ4n) is 2.34. The third-order valence-electron chi connectivity index (χ3n) is 3.71. The Morgan fingerprint density at radius 2 is 1.80 bits per heavy atom. The molecule has 0 unspecified atom stereocenters. The van der Waals surface area contributed by atoms with E-state index in [-0.39, 0.29) is 11.1 Å². The molecule has 3 rings (SSSR count). The summed E-state index contributed by atoms with van der Waals surface area (Å²) in [4.78, 5) is 25.2. The van der Waals surface area contributed by atoms with Crippen LogP contribution in [0, 0.1) is 0 Å². The molecule has 0 aliphatic carbocycles. The molecule has 0 spiro atoms. The number of amides is 2. The molecule has 0 atom stereocenters. The Bertz CT molecular complexity index is 788. The summed E-state index contributed by atoms with van der Waals surface area (Å²) in [5.74, 6) is 0.419. The minimum absolute atomic E-state index is 0.335. The van der Waals surface area contributed by atoms with Crippen LogP contribution < -0.4 is 15.0 Å². The van der Waals surface area contributed by atoms with Gasteiger partial charge in [0, 0.05) is 12.7 Å². The van der Waals surface area contributed by atoms with Gasteiger partial charge in [-0.2, -0.15) is 0 Å². The Morgan fingerprint density at radius 1 is 1.08 bits per heavy atom. The minimum atomic E-state index is -0.348. The van der Waals surface area contributed by atoms with Crippen LogP contribution in [0.1, 0.15) is 5.56 Å². The van der Waals surface area contributed by atoms with Gasteiger partial charge in [0.15, 0.2) is 0 Å². The lowest BCUT2D eigenvalue weighted by Gasteiger charge is -2.19. The van der Waals surface area contributed by atoms with Gasteiger partial charge in [0.2, 0.25) is 0 Å². The molecule has 6 heteroatoms. The lowest BCUT2D eigenvalue weighted by Crippen LogP contribution is -2.23. The number of rotatable bonds is 6. The van der Waals surface area contributed by atoms with Gasteiger partial charge < -0.3 is 9.64 Å². The van der Waals surface area contributed by atoms with Crippen LogP contribution in [0.5, 0.6) is 5.75 Å². The Hall–Kier alpha value is -2.73. The van der Waals surface area contributed by atoms with Crippen molar-refractivity contribution in [2.24, 2.45) is 0 Å². The smallest absolute Gasteiger partial charge is 0.290 e. The maximum atomic E-state index is 11.5. The van der Waals surface area contributed by atoms with E-state index in [0.29, 0.717) is 11.5 Å². The number of carbonyl (C=O) groups is 2. The summed E-state index contributed by atoms with van der Waals surface area (Å²) in [6.45, 7) is 1.34. The highest BCUT2D eigenvalue weighted by Crippen LogP contribution is 2.26. The molecule has 2 amide bonds. The maximum absolute atomic E-state index is 11.5. The van der Waals surface area contributed by atoms with Crippen LogP contribution in [0.3, 0.4) is 0 Å². The quantitative estimate of drug-likeness (QED) is 0.804. The zero-order valence-corrected chi connectivity index (χ0v) is 14.6. The van der Waals surface area contributed by atoms with E-state index >= 15 is 0 Å². The van der Waals surface area contributed by atoms with E-state index in [1.165, 1.54) is 0 Å². The molecule has 1 aliphatic rings. The van der Waals surface area contributed by atoms with Gasteiger partial charge in [0.1, 0.15) is 12.4 Å². The molecule has 1 N–H and O–H groups in total.